The molecule has 1 aromatic carbocycles. The standard InChI is InChI=1S/C10H11N3.H2S/c1-2-13-8-11-12-10(13)9-6-4-3-5-7-9;/h3-8H,2H2,1H3;1H2. The van der Waals surface area contributed by atoms with Crippen molar-refractivity contribution in [1.82, 2.24) is 14.8 Å². The van der Waals surface area contributed by atoms with E-state index in [0.29, 0.717) is 0 Å². The van der Waals surface area contributed by atoms with Crippen LogP contribution in [0.4, 0.5) is 0 Å². The highest BCUT2D eigenvalue weighted by Gasteiger charge is 2.03. The van der Waals surface area contributed by atoms with E-state index < -0.39 is 0 Å². The Hall–Kier alpha value is -1.29. The number of aryl methyl sites for hydroxylation is 1. The first-order valence-corrected chi connectivity index (χ1v) is 4.35. The highest BCUT2D eigenvalue weighted by atomic mass is 32.1. The van der Waals surface area contributed by atoms with Crippen molar-refractivity contribution in [1.29, 1.82) is 0 Å². The molecule has 0 spiro atoms. The van der Waals surface area contributed by atoms with Gasteiger partial charge in [0.05, 0.1) is 0 Å². The molecule has 0 N–H and O–H groups in total. The van der Waals surface area contributed by atoms with Crippen molar-refractivity contribution in [3.8, 4) is 11.4 Å². The third-order valence-corrected chi connectivity index (χ3v) is 1.99. The lowest BCUT2D eigenvalue weighted by Crippen LogP contribution is -1.95. The normalized spacial score (nSPS) is 9.50. The Labute approximate surface area is 90.2 Å². The van der Waals surface area contributed by atoms with Crippen molar-refractivity contribution >= 4 is 13.5 Å². The van der Waals surface area contributed by atoms with E-state index in [2.05, 4.69) is 17.1 Å². The molecule has 0 atom stereocenters. The van der Waals surface area contributed by atoms with Crippen molar-refractivity contribution in [2.45, 2.75) is 13.5 Å². The molecular weight excluding hydrogens is 194 g/mol. The lowest BCUT2D eigenvalue weighted by molar-refractivity contribution is 0.767. The van der Waals surface area contributed by atoms with E-state index in [-0.39, 0.29) is 13.5 Å². The van der Waals surface area contributed by atoms with E-state index in [1.54, 1.807) is 6.33 Å². The van der Waals surface area contributed by atoms with Crippen LogP contribution in [0.3, 0.4) is 0 Å². The molecule has 0 bridgehead atoms. The molecule has 1 aromatic heterocycles. The molecular formula is C10H13N3S. The molecule has 1 heterocycles. The molecule has 0 amide bonds. The van der Waals surface area contributed by atoms with Gasteiger partial charge < -0.3 is 4.57 Å². The van der Waals surface area contributed by atoms with Crippen LogP contribution in [-0.4, -0.2) is 14.8 Å². The summed E-state index contributed by atoms with van der Waals surface area (Å²) in [4.78, 5) is 0. The third kappa shape index (κ3) is 1.96. The monoisotopic (exact) mass is 207 g/mol. The van der Waals surface area contributed by atoms with Crippen molar-refractivity contribution in [3.05, 3.63) is 36.7 Å². The second kappa shape index (κ2) is 4.81. The molecule has 4 heteroatoms. The summed E-state index contributed by atoms with van der Waals surface area (Å²) in [5.41, 5.74) is 1.11. The van der Waals surface area contributed by atoms with E-state index in [4.69, 9.17) is 0 Å². The van der Waals surface area contributed by atoms with Gasteiger partial charge in [-0.2, -0.15) is 13.5 Å². The Morgan fingerprint density at radius 3 is 2.57 bits per heavy atom. The van der Waals surface area contributed by atoms with Gasteiger partial charge in [0.1, 0.15) is 6.33 Å². The summed E-state index contributed by atoms with van der Waals surface area (Å²) >= 11 is 0. The number of aromatic nitrogens is 3. The maximum atomic E-state index is 4.07. The van der Waals surface area contributed by atoms with E-state index >= 15 is 0 Å². The summed E-state index contributed by atoms with van der Waals surface area (Å²) in [6.45, 7) is 2.98. The maximum absolute atomic E-state index is 4.07. The van der Waals surface area contributed by atoms with E-state index in [0.717, 1.165) is 17.9 Å². The molecule has 74 valence electrons. The van der Waals surface area contributed by atoms with Crippen LogP contribution in [0.1, 0.15) is 6.92 Å². The van der Waals surface area contributed by atoms with Crippen LogP contribution in [0.25, 0.3) is 11.4 Å². The molecule has 0 saturated carbocycles. The second-order valence-electron chi connectivity index (χ2n) is 2.81. The van der Waals surface area contributed by atoms with E-state index in [9.17, 15) is 0 Å². The molecule has 0 saturated heterocycles. The SMILES string of the molecule is CCn1cnnc1-c1ccccc1.S. The van der Waals surface area contributed by atoms with E-state index in [1.165, 1.54) is 0 Å². The minimum absolute atomic E-state index is 0. The summed E-state index contributed by atoms with van der Waals surface area (Å²) < 4.78 is 2.02. The molecule has 14 heavy (non-hydrogen) atoms. The molecule has 3 nitrogen and oxygen atoms in total. The van der Waals surface area contributed by atoms with Crippen molar-refractivity contribution in [2.75, 3.05) is 0 Å². The van der Waals surface area contributed by atoms with Gasteiger partial charge in [-0.3, -0.25) is 0 Å². The molecule has 0 aliphatic rings. The van der Waals surface area contributed by atoms with E-state index in [1.807, 2.05) is 34.9 Å². The van der Waals surface area contributed by atoms with Gasteiger partial charge in [0.2, 0.25) is 0 Å². The summed E-state index contributed by atoms with van der Waals surface area (Å²) in [6.07, 6.45) is 1.75. The predicted molar refractivity (Wildman–Crippen MR) is 61.5 cm³/mol. The zero-order valence-corrected chi connectivity index (χ0v) is 9.01. The molecule has 2 rings (SSSR count). The highest BCUT2D eigenvalue weighted by Crippen LogP contribution is 2.14. The number of rotatable bonds is 2. The van der Waals surface area contributed by atoms with Crippen molar-refractivity contribution in [2.24, 2.45) is 0 Å². The van der Waals surface area contributed by atoms with Gasteiger partial charge in [0.15, 0.2) is 5.82 Å². The average Bonchev–Trinajstić information content (AvgIpc) is 2.67. The molecule has 0 fully saturated rings. The Morgan fingerprint density at radius 1 is 1.21 bits per heavy atom. The zero-order chi connectivity index (χ0) is 9.10. The molecule has 2 aromatic rings. The summed E-state index contributed by atoms with van der Waals surface area (Å²) in [5.74, 6) is 0.933. The zero-order valence-electron chi connectivity index (χ0n) is 8.01. The maximum Gasteiger partial charge on any atom is 0.163 e. The lowest BCUT2D eigenvalue weighted by Gasteiger charge is -2.01. The second-order valence-corrected chi connectivity index (χ2v) is 2.81. The summed E-state index contributed by atoms with van der Waals surface area (Å²) in [6, 6.07) is 10.1. The third-order valence-electron chi connectivity index (χ3n) is 1.99. The fourth-order valence-corrected chi connectivity index (χ4v) is 1.30. The van der Waals surface area contributed by atoms with Gasteiger partial charge in [-0.05, 0) is 6.92 Å². The Bertz CT molecular complexity index is 383. The van der Waals surface area contributed by atoms with Crippen LogP contribution in [0.5, 0.6) is 0 Å². The number of benzene rings is 1. The van der Waals surface area contributed by atoms with Crippen LogP contribution in [0.2, 0.25) is 0 Å². The number of hydrogen-bond donors (Lipinski definition) is 0. The minimum atomic E-state index is 0. The highest BCUT2D eigenvalue weighted by molar-refractivity contribution is 7.59. The van der Waals surface area contributed by atoms with Gasteiger partial charge in [-0.1, -0.05) is 30.3 Å². The quantitative estimate of drug-likeness (QED) is 0.755. The van der Waals surface area contributed by atoms with Crippen LogP contribution >= 0.6 is 13.5 Å². The number of hydrogen-bond acceptors (Lipinski definition) is 2. The molecule has 0 aliphatic carbocycles. The fraction of sp³-hybridized carbons (Fsp3) is 0.200. The largest absolute Gasteiger partial charge is 0.314 e. The van der Waals surface area contributed by atoms with Crippen molar-refractivity contribution in [3.63, 3.8) is 0 Å². The predicted octanol–water partition coefficient (Wildman–Crippen LogP) is 2.08. The van der Waals surface area contributed by atoms with Crippen molar-refractivity contribution < 1.29 is 0 Å². The molecule has 0 unspecified atom stereocenters. The van der Waals surface area contributed by atoms with Gasteiger partial charge in [-0.25, -0.2) is 0 Å². The first-order chi connectivity index (χ1) is 6.42. The topological polar surface area (TPSA) is 30.7 Å². The summed E-state index contributed by atoms with van der Waals surface area (Å²) in [7, 11) is 0. The first-order valence-electron chi connectivity index (χ1n) is 4.35. The lowest BCUT2D eigenvalue weighted by atomic mass is 10.2. The van der Waals surface area contributed by atoms with Gasteiger partial charge in [-0.15, -0.1) is 10.2 Å². The Kier molecular flexibility index (Phi) is 3.71. The van der Waals surface area contributed by atoms with Gasteiger partial charge in [0.25, 0.3) is 0 Å². The minimum Gasteiger partial charge on any atom is -0.314 e. The van der Waals surface area contributed by atoms with Crippen LogP contribution in [0, 0.1) is 0 Å². The van der Waals surface area contributed by atoms with Gasteiger partial charge in [0, 0.05) is 12.1 Å². The van der Waals surface area contributed by atoms with Gasteiger partial charge >= 0.3 is 0 Å². The first kappa shape index (κ1) is 10.8. The van der Waals surface area contributed by atoms with Crippen LogP contribution < -0.4 is 0 Å². The Morgan fingerprint density at radius 2 is 1.93 bits per heavy atom. The smallest absolute Gasteiger partial charge is 0.163 e. The number of nitrogens with zero attached hydrogens (tertiary/aromatic N) is 3. The van der Waals surface area contributed by atoms with Crippen LogP contribution in [0.15, 0.2) is 36.7 Å². The average molecular weight is 207 g/mol. The Balaban J connectivity index is 0.000000980. The van der Waals surface area contributed by atoms with Crippen LogP contribution in [-0.2, 0) is 6.54 Å². The summed E-state index contributed by atoms with van der Waals surface area (Å²) in [5, 5.41) is 7.95. The molecule has 0 aliphatic heterocycles. The molecule has 0 radical (unpaired) electrons. The fourth-order valence-electron chi connectivity index (χ4n) is 1.30.